The third kappa shape index (κ3) is 8.50. The molecule has 0 saturated heterocycles. The minimum absolute atomic E-state index is 0.0414. The summed E-state index contributed by atoms with van der Waals surface area (Å²) in [5.41, 5.74) is 1.52. The zero-order valence-corrected chi connectivity index (χ0v) is 22.2. The number of ether oxygens (including phenoxy) is 2. The quantitative estimate of drug-likeness (QED) is 0.377. The van der Waals surface area contributed by atoms with Crippen LogP contribution in [0.5, 0.6) is 11.5 Å². The van der Waals surface area contributed by atoms with Gasteiger partial charge in [-0.25, -0.2) is 13.1 Å². The van der Waals surface area contributed by atoms with E-state index < -0.39 is 21.5 Å². The monoisotopic (exact) mass is 537 g/mol. The predicted octanol–water partition coefficient (Wildman–Crippen LogP) is 4.86. The molecular formula is C23H30Cl3NO5S. The largest absolute Gasteiger partial charge is 0.491 e. The van der Waals surface area contributed by atoms with Crippen LogP contribution in [-0.4, -0.2) is 51.5 Å². The molecule has 0 fully saturated rings. The molecule has 0 radical (unpaired) electrons. The Hall–Kier alpha value is -1.22. The first-order valence-corrected chi connectivity index (χ1v) is 13.6. The number of hydrogen-bond acceptors (Lipinski definition) is 5. The average molecular weight is 539 g/mol. The molecule has 0 spiro atoms. The molecule has 0 aliphatic carbocycles. The number of halogens is 3. The number of alkyl halides is 1. The fourth-order valence-corrected chi connectivity index (χ4v) is 4.14. The molecule has 0 aliphatic rings. The van der Waals surface area contributed by atoms with Crippen LogP contribution in [-0.2, 0) is 15.4 Å². The van der Waals surface area contributed by atoms with Gasteiger partial charge in [-0.2, -0.15) is 0 Å². The molecule has 0 aliphatic heterocycles. The van der Waals surface area contributed by atoms with Gasteiger partial charge >= 0.3 is 0 Å². The molecule has 0 saturated carbocycles. The molecule has 33 heavy (non-hydrogen) atoms. The number of benzene rings is 2. The van der Waals surface area contributed by atoms with Crippen LogP contribution in [0.15, 0.2) is 36.4 Å². The molecule has 2 atom stereocenters. The summed E-state index contributed by atoms with van der Waals surface area (Å²) in [5.74, 6) is 1.66. The summed E-state index contributed by atoms with van der Waals surface area (Å²) in [7, 11) is -3.37. The van der Waals surface area contributed by atoms with Gasteiger partial charge in [-0.3, -0.25) is 0 Å². The molecule has 184 valence electrons. The van der Waals surface area contributed by atoms with Crippen molar-refractivity contribution in [1.29, 1.82) is 0 Å². The van der Waals surface area contributed by atoms with Crippen molar-refractivity contribution in [3.8, 4) is 11.5 Å². The Bertz CT molecular complexity index is 1010. The van der Waals surface area contributed by atoms with E-state index in [0.29, 0.717) is 34.0 Å². The lowest BCUT2D eigenvalue weighted by molar-refractivity contribution is 0.111. The number of hydrogen-bond donors (Lipinski definition) is 2. The molecule has 0 bridgehead atoms. The number of nitrogens with one attached hydrogen (secondary N) is 1. The predicted molar refractivity (Wildman–Crippen MR) is 135 cm³/mol. The van der Waals surface area contributed by atoms with Crippen molar-refractivity contribution in [2.75, 3.05) is 31.9 Å². The molecule has 10 heteroatoms. The van der Waals surface area contributed by atoms with E-state index in [4.69, 9.17) is 44.3 Å². The second-order valence-electron chi connectivity index (χ2n) is 8.57. The van der Waals surface area contributed by atoms with Gasteiger partial charge < -0.3 is 14.6 Å². The summed E-state index contributed by atoms with van der Waals surface area (Å²) < 4.78 is 35.8. The van der Waals surface area contributed by atoms with Crippen LogP contribution in [0.3, 0.4) is 0 Å². The number of rotatable bonds is 12. The lowest BCUT2D eigenvalue weighted by atomic mass is 9.78. The summed E-state index contributed by atoms with van der Waals surface area (Å²) >= 11 is 18.8. The minimum atomic E-state index is -3.37. The lowest BCUT2D eigenvalue weighted by Gasteiger charge is -2.27. The van der Waals surface area contributed by atoms with Gasteiger partial charge in [0.15, 0.2) is 5.75 Å². The van der Waals surface area contributed by atoms with Gasteiger partial charge in [0.1, 0.15) is 18.5 Å². The molecule has 0 aromatic heterocycles. The summed E-state index contributed by atoms with van der Waals surface area (Å²) in [5, 5.41) is 10.7. The maximum absolute atomic E-state index is 11.1. The third-order valence-corrected chi connectivity index (χ3v) is 6.87. The van der Waals surface area contributed by atoms with Gasteiger partial charge in [0, 0.05) is 23.8 Å². The van der Waals surface area contributed by atoms with Crippen LogP contribution in [0.4, 0.5) is 0 Å². The Balaban J connectivity index is 2.09. The Morgan fingerprint density at radius 2 is 1.61 bits per heavy atom. The van der Waals surface area contributed by atoms with Gasteiger partial charge in [0.05, 0.1) is 22.9 Å². The van der Waals surface area contributed by atoms with Gasteiger partial charge in [0.25, 0.3) is 0 Å². The average Bonchev–Trinajstić information content (AvgIpc) is 2.75. The summed E-state index contributed by atoms with van der Waals surface area (Å²) in [6.07, 6.45) is 0.0673. The van der Waals surface area contributed by atoms with Gasteiger partial charge in [0.2, 0.25) is 10.0 Å². The summed E-state index contributed by atoms with van der Waals surface area (Å²) in [6.45, 7) is 6.36. The topological polar surface area (TPSA) is 84.9 Å². The molecule has 2 rings (SSSR count). The van der Waals surface area contributed by atoms with E-state index in [1.54, 1.807) is 12.1 Å². The Morgan fingerprint density at radius 3 is 2.12 bits per heavy atom. The fraction of sp³-hybridized carbons (Fsp3) is 0.478. The summed E-state index contributed by atoms with van der Waals surface area (Å²) in [4.78, 5) is 0. The maximum atomic E-state index is 11.1. The Kier molecular flexibility index (Phi) is 10.2. The van der Waals surface area contributed by atoms with Gasteiger partial charge in [-0.15, -0.1) is 11.6 Å². The van der Waals surface area contributed by atoms with E-state index in [9.17, 15) is 13.5 Å². The lowest BCUT2D eigenvalue weighted by Crippen LogP contribution is -2.34. The maximum Gasteiger partial charge on any atom is 0.208 e. The first-order valence-electron chi connectivity index (χ1n) is 10.4. The SMILES string of the molecule is C[C@@H](CCl)COc1c(Cl)cc(C(C)(C)c2ccc(OC[C@H](O)CNS(C)(=O)=O)cc2)cc1Cl. The van der Waals surface area contributed by atoms with Gasteiger partial charge in [-0.05, 0) is 35.4 Å². The standard InChI is InChI=1S/C23H30Cl3NO5S/c1-15(11-24)13-32-22-20(25)9-17(10-21(22)26)23(2,3)16-5-7-19(8-6-16)31-14-18(28)12-27-33(4,29)30/h5-10,15,18,27-28H,11-14H2,1-4H3/t15-,18+/m0/s1. The van der Waals surface area contributed by atoms with Crippen LogP contribution >= 0.6 is 34.8 Å². The zero-order chi connectivity index (χ0) is 24.8. The number of aliphatic hydroxyl groups excluding tert-OH is 1. The second-order valence-corrected chi connectivity index (χ2v) is 11.5. The zero-order valence-electron chi connectivity index (χ0n) is 19.1. The smallest absolute Gasteiger partial charge is 0.208 e. The highest BCUT2D eigenvalue weighted by molar-refractivity contribution is 7.88. The molecule has 2 aromatic carbocycles. The van der Waals surface area contributed by atoms with Crippen LogP contribution in [0.1, 0.15) is 31.9 Å². The van der Waals surface area contributed by atoms with E-state index in [0.717, 1.165) is 17.4 Å². The van der Waals surface area contributed by atoms with Crippen LogP contribution in [0, 0.1) is 5.92 Å². The van der Waals surface area contributed by atoms with E-state index in [1.807, 2.05) is 31.2 Å². The highest BCUT2D eigenvalue weighted by Gasteiger charge is 2.26. The molecule has 2 aromatic rings. The van der Waals surface area contributed by atoms with Crippen LogP contribution < -0.4 is 14.2 Å². The van der Waals surface area contributed by atoms with Gasteiger partial charge in [-0.1, -0.05) is 56.1 Å². The third-order valence-electron chi connectivity index (χ3n) is 5.10. The van der Waals surface area contributed by atoms with Crippen LogP contribution in [0.25, 0.3) is 0 Å². The molecule has 6 nitrogen and oxygen atoms in total. The summed E-state index contributed by atoms with van der Waals surface area (Å²) in [6, 6.07) is 11.1. The van der Waals surface area contributed by atoms with E-state index in [2.05, 4.69) is 18.6 Å². The van der Waals surface area contributed by atoms with Crippen molar-refractivity contribution in [2.45, 2.75) is 32.3 Å². The molecule has 0 unspecified atom stereocenters. The fourth-order valence-electron chi connectivity index (χ4n) is 2.96. The highest BCUT2D eigenvalue weighted by atomic mass is 35.5. The van der Waals surface area contributed by atoms with Crippen molar-refractivity contribution in [2.24, 2.45) is 5.92 Å². The van der Waals surface area contributed by atoms with Crippen molar-refractivity contribution in [3.05, 3.63) is 57.6 Å². The Labute approximate surface area is 211 Å². The van der Waals surface area contributed by atoms with Crippen molar-refractivity contribution >= 4 is 44.8 Å². The molecular weight excluding hydrogens is 509 g/mol. The first-order chi connectivity index (χ1) is 15.3. The first kappa shape index (κ1) is 28.0. The highest BCUT2D eigenvalue weighted by Crippen LogP contribution is 2.40. The van der Waals surface area contributed by atoms with Crippen molar-refractivity contribution in [3.63, 3.8) is 0 Å². The Morgan fingerprint density at radius 1 is 1.03 bits per heavy atom. The van der Waals surface area contributed by atoms with Crippen LogP contribution in [0.2, 0.25) is 10.0 Å². The van der Waals surface area contributed by atoms with E-state index >= 15 is 0 Å². The number of aliphatic hydroxyl groups is 1. The van der Waals surface area contributed by atoms with E-state index in [-0.39, 0.29) is 19.1 Å². The second kappa shape index (κ2) is 12.0. The molecule has 0 amide bonds. The molecule has 0 heterocycles. The number of sulfonamides is 1. The minimum Gasteiger partial charge on any atom is -0.491 e. The van der Waals surface area contributed by atoms with Crippen molar-refractivity contribution in [1.82, 2.24) is 4.72 Å². The normalized spacial score (nSPS) is 14.1. The van der Waals surface area contributed by atoms with E-state index in [1.165, 1.54) is 0 Å². The molecule has 2 N–H and O–H groups in total. The van der Waals surface area contributed by atoms with Crippen molar-refractivity contribution < 1.29 is 23.0 Å².